The predicted molar refractivity (Wildman–Crippen MR) is 118 cm³/mol. The quantitative estimate of drug-likeness (QED) is 0.314. The molecule has 0 atom stereocenters. The molecule has 0 radical (unpaired) electrons. The minimum absolute atomic E-state index is 0.158. The van der Waals surface area contributed by atoms with Crippen molar-refractivity contribution < 1.29 is 9.53 Å². The molecule has 0 heterocycles. The maximum atomic E-state index is 10.9. The van der Waals surface area contributed by atoms with Crippen molar-refractivity contribution in [1.29, 1.82) is 5.26 Å². The summed E-state index contributed by atoms with van der Waals surface area (Å²) in [5.74, 6) is 0.602. The molecule has 0 saturated carbocycles. The van der Waals surface area contributed by atoms with E-state index in [1.807, 2.05) is 26.0 Å². The van der Waals surface area contributed by atoms with Gasteiger partial charge in [0.1, 0.15) is 5.75 Å². The first kappa shape index (κ1) is 22.7. The van der Waals surface area contributed by atoms with Crippen molar-refractivity contribution in [2.24, 2.45) is 4.99 Å². The van der Waals surface area contributed by atoms with Crippen molar-refractivity contribution in [3.8, 4) is 12.0 Å². The van der Waals surface area contributed by atoms with Crippen LogP contribution in [0.3, 0.4) is 0 Å². The van der Waals surface area contributed by atoms with Crippen LogP contribution in [-0.2, 0) is 15.6 Å². The first-order chi connectivity index (χ1) is 13.4. The zero-order valence-electron chi connectivity index (χ0n) is 18.4. The lowest BCUT2D eigenvalue weighted by Gasteiger charge is -2.24. The molecule has 0 saturated heterocycles. The van der Waals surface area contributed by atoms with Crippen molar-refractivity contribution in [2.45, 2.75) is 76.0 Å². The third kappa shape index (κ3) is 5.29. The Morgan fingerprint density at radius 2 is 1.41 bits per heavy atom. The normalized spacial score (nSPS) is 11.6. The van der Waals surface area contributed by atoms with E-state index < -0.39 is 0 Å². The maximum absolute atomic E-state index is 10.9. The first-order valence-corrected chi connectivity index (χ1v) is 10.3. The van der Waals surface area contributed by atoms with E-state index in [1.54, 1.807) is 24.1 Å². The SMILES string of the molecule is Cc1cc(N=C=O)c(C(C)(C)C)cc1Sc1cc(C(C)(C)C)c(OC#N)cc1C. The molecule has 0 spiro atoms. The van der Waals surface area contributed by atoms with Gasteiger partial charge in [-0.3, -0.25) is 0 Å². The van der Waals surface area contributed by atoms with Gasteiger partial charge in [0, 0.05) is 15.4 Å². The number of carbonyl (C=O) groups excluding carboxylic acids is 1. The lowest BCUT2D eigenvalue weighted by molar-refractivity contribution is 0.472. The summed E-state index contributed by atoms with van der Waals surface area (Å²) in [6.07, 6.45) is 3.47. The summed E-state index contributed by atoms with van der Waals surface area (Å²) in [6.45, 7) is 16.7. The Kier molecular flexibility index (Phi) is 6.63. The first-order valence-electron chi connectivity index (χ1n) is 9.50. The molecule has 5 heteroatoms. The molecule has 2 aromatic carbocycles. The van der Waals surface area contributed by atoms with Crippen LogP contribution in [0.5, 0.6) is 5.75 Å². The molecule has 2 rings (SSSR count). The van der Waals surface area contributed by atoms with Crippen LogP contribution in [-0.4, -0.2) is 6.08 Å². The second-order valence-corrected chi connectivity index (χ2v) is 10.3. The molecule has 0 aromatic heterocycles. The monoisotopic (exact) mass is 408 g/mol. The summed E-state index contributed by atoms with van der Waals surface area (Å²) < 4.78 is 5.23. The van der Waals surface area contributed by atoms with E-state index in [1.165, 1.54) is 0 Å². The van der Waals surface area contributed by atoms with E-state index in [9.17, 15) is 4.79 Å². The molecular formula is C24H28N2O2S. The fourth-order valence-corrected chi connectivity index (χ4v) is 4.17. The minimum atomic E-state index is -0.163. The van der Waals surface area contributed by atoms with Crippen LogP contribution in [0.1, 0.15) is 63.8 Å². The van der Waals surface area contributed by atoms with E-state index >= 15 is 0 Å². The van der Waals surface area contributed by atoms with E-state index in [0.29, 0.717) is 11.4 Å². The maximum Gasteiger partial charge on any atom is 0.292 e. The molecule has 0 bridgehead atoms. The van der Waals surface area contributed by atoms with E-state index in [-0.39, 0.29) is 10.8 Å². The van der Waals surface area contributed by atoms with Crippen molar-refractivity contribution in [3.05, 3.63) is 46.5 Å². The largest absolute Gasteiger partial charge is 0.388 e. The third-order valence-corrected chi connectivity index (χ3v) is 6.05. The Hall–Kier alpha value is -2.54. The number of aliphatic imine (C=N–C) groups is 1. The van der Waals surface area contributed by atoms with Crippen LogP contribution >= 0.6 is 11.8 Å². The molecule has 0 fully saturated rings. The van der Waals surface area contributed by atoms with Gasteiger partial charge in [0.15, 0.2) is 0 Å². The number of rotatable bonds is 4. The fraction of sp³-hybridized carbons (Fsp3) is 0.417. The molecule has 2 aromatic rings. The molecule has 0 aliphatic rings. The lowest BCUT2D eigenvalue weighted by Crippen LogP contribution is -2.13. The number of nitriles is 1. The average molecular weight is 409 g/mol. The molecule has 0 aliphatic carbocycles. The Morgan fingerprint density at radius 1 is 0.897 bits per heavy atom. The van der Waals surface area contributed by atoms with Crippen LogP contribution in [0, 0.1) is 25.4 Å². The predicted octanol–water partition coefficient (Wildman–Crippen LogP) is 6.88. The van der Waals surface area contributed by atoms with Gasteiger partial charge in [-0.2, -0.15) is 4.99 Å². The minimum Gasteiger partial charge on any atom is -0.388 e. The number of benzene rings is 2. The Balaban J connectivity index is 2.62. The van der Waals surface area contributed by atoms with Gasteiger partial charge in [0.2, 0.25) is 6.08 Å². The van der Waals surface area contributed by atoms with Crippen LogP contribution in [0.25, 0.3) is 0 Å². The molecule has 0 amide bonds. The molecule has 152 valence electrons. The Bertz CT molecular complexity index is 1020. The van der Waals surface area contributed by atoms with Crippen LogP contribution in [0.15, 0.2) is 39.0 Å². The Labute approximate surface area is 178 Å². The number of ether oxygens (including phenoxy) is 1. The van der Waals surface area contributed by atoms with E-state index in [4.69, 9.17) is 10.00 Å². The van der Waals surface area contributed by atoms with Crippen LogP contribution < -0.4 is 4.74 Å². The highest BCUT2D eigenvalue weighted by Crippen LogP contribution is 2.43. The zero-order valence-corrected chi connectivity index (χ0v) is 19.2. The van der Waals surface area contributed by atoms with Crippen molar-refractivity contribution >= 4 is 23.5 Å². The van der Waals surface area contributed by atoms with Gasteiger partial charge in [-0.25, -0.2) is 4.79 Å². The second kappa shape index (κ2) is 8.45. The van der Waals surface area contributed by atoms with Crippen molar-refractivity contribution in [1.82, 2.24) is 0 Å². The number of hydrogen-bond acceptors (Lipinski definition) is 5. The average Bonchev–Trinajstić information content (AvgIpc) is 2.57. The van der Waals surface area contributed by atoms with Crippen molar-refractivity contribution in [2.75, 3.05) is 0 Å². The van der Waals surface area contributed by atoms with Gasteiger partial charge in [0.05, 0.1) is 5.69 Å². The standard InChI is InChI=1S/C24H28N2O2S/c1-15-9-19(26-14-27)17(23(3,4)5)11-21(15)29-22-12-18(24(6,7)8)20(28-13-25)10-16(22)2/h9-12H,1-8H3. The summed E-state index contributed by atoms with van der Waals surface area (Å²) >= 11 is 1.68. The fourth-order valence-electron chi connectivity index (χ4n) is 3.13. The van der Waals surface area contributed by atoms with Gasteiger partial charge in [-0.15, -0.1) is 5.26 Å². The molecule has 4 nitrogen and oxygen atoms in total. The second-order valence-electron chi connectivity index (χ2n) is 9.25. The smallest absolute Gasteiger partial charge is 0.292 e. The molecule has 0 aliphatic heterocycles. The molecule has 29 heavy (non-hydrogen) atoms. The summed E-state index contributed by atoms with van der Waals surface area (Å²) in [5.41, 5.74) is 4.43. The van der Waals surface area contributed by atoms with Gasteiger partial charge in [-0.05, 0) is 65.6 Å². The Morgan fingerprint density at radius 3 is 1.90 bits per heavy atom. The summed E-state index contributed by atoms with van der Waals surface area (Å²) in [6, 6.07) is 8.10. The summed E-state index contributed by atoms with van der Waals surface area (Å²) in [4.78, 5) is 17.0. The van der Waals surface area contributed by atoms with E-state index in [0.717, 1.165) is 32.0 Å². The van der Waals surface area contributed by atoms with Gasteiger partial charge in [-0.1, -0.05) is 53.3 Å². The van der Waals surface area contributed by atoms with Crippen LogP contribution in [0.2, 0.25) is 0 Å². The van der Waals surface area contributed by atoms with Crippen molar-refractivity contribution in [3.63, 3.8) is 0 Å². The zero-order chi connectivity index (χ0) is 22.0. The number of isocyanates is 1. The van der Waals surface area contributed by atoms with Crippen LogP contribution in [0.4, 0.5) is 5.69 Å². The number of nitrogens with zero attached hydrogens (tertiary/aromatic N) is 2. The highest BCUT2D eigenvalue weighted by Gasteiger charge is 2.23. The van der Waals surface area contributed by atoms with Gasteiger partial charge >= 0.3 is 0 Å². The van der Waals surface area contributed by atoms with E-state index in [2.05, 4.69) is 58.7 Å². The van der Waals surface area contributed by atoms with Gasteiger partial charge in [0.25, 0.3) is 6.26 Å². The lowest BCUT2D eigenvalue weighted by atomic mass is 9.85. The third-order valence-electron chi connectivity index (χ3n) is 4.73. The number of aryl methyl sites for hydroxylation is 2. The molecule has 0 N–H and O–H groups in total. The summed E-state index contributed by atoms with van der Waals surface area (Å²) in [5, 5.41) is 9.00. The highest BCUT2D eigenvalue weighted by atomic mass is 32.2. The topological polar surface area (TPSA) is 62.4 Å². The highest BCUT2D eigenvalue weighted by molar-refractivity contribution is 7.99. The molecular weight excluding hydrogens is 380 g/mol. The summed E-state index contributed by atoms with van der Waals surface area (Å²) in [7, 11) is 0. The molecule has 0 unspecified atom stereocenters. The van der Waals surface area contributed by atoms with Gasteiger partial charge < -0.3 is 4.74 Å². The number of hydrogen-bond donors (Lipinski definition) is 0.